The van der Waals surface area contributed by atoms with Gasteiger partial charge in [-0.25, -0.2) is 4.39 Å². The average molecular weight is 221 g/mol. The van der Waals surface area contributed by atoms with Gasteiger partial charge in [0, 0.05) is 11.6 Å². The fourth-order valence-corrected chi connectivity index (χ4v) is 1.22. The van der Waals surface area contributed by atoms with E-state index in [4.69, 9.17) is 5.73 Å². The Kier molecular flexibility index (Phi) is 3.34. The molecule has 0 aliphatic carbocycles. The molecule has 0 heterocycles. The molecule has 5 heteroatoms. The Labute approximate surface area is 84.9 Å². The predicted molar refractivity (Wildman–Crippen MR) is 48.6 cm³/mol. The maximum Gasteiger partial charge on any atom is 0.416 e. The van der Waals surface area contributed by atoms with Crippen LogP contribution in [0.1, 0.15) is 30.5 Å². The summed E-state index contributed by atoms with van der Waals surface area (Å²) in [6.07, 6.45) is -4.04. The first-order valence-electron chi connectivity index (χ1n) is 4.48. The molecule has 1 aromatic carbocycles. The Hall–Kier alpha value is -1.10. The van der Waals surface area contributed by atoms with Gasteiger partial charge in [-0.15, -0.1) is 0 Å². The second-order valence-electron chi connectivity index (χ2n) is 3.25. The van der Waals surface area contributed by atoms with Crippen molar-refractivity contribution in [3.8, 4) is 0 Å². The third-order valence-electron chi connectivity index (χ3n) is 2.17. The minimum absolute atomic E-state index is 0.116. The van der Waals surface area contributed by atoms with Crippen molar-refractivity contribution in [2.75, 3.05) is 0 Å². The summed E-state index contributed by atoms with van der Waals surface area (Å²) in [5.74, 6) is -0.904. The standard InChI is InChI=1S/C10H11F4N/c1-2-9(15)7-4-3-6(5-8(7)11)10(12,13)14/h3-5,9H,2,15H2,1H3/t9-/m0/s1. The van der Waals surface area contributed by atoms with Crippen LogP contribution in [0.15, 0.2) is 18.2 Å². The first-order valence-corrected chi connectivity index (χ1v) is 4.48. The van der Waals surface area contributed by atoms with Gasteiger partial charge < -0.3 is 5.73 Å². The number of rotatable bonds is 2. The summed E-state index contributed by atoms with van der Waals surface area (Å²) in [5.41, 5.74) is 4.66. The molecule has 84 valence electrons. The third-order valence-corrected chi connectivity index (χ3v) is 2.17. The van der Waals surface area contributed by atoms with Crippen LogP contribution in [0, 0.1) is 5.82 Å². The summed E-state index contributed by atoms with van der Waals surface area (Å²) in [6, 6.07) is 1.85. The van der Waals surface area contributed by atoms with Crippen LogP contribution in [0.3, 0.4) is 0 Å². The predicted octanol–water partition coefficient (Wildman–Crippen LogP) is 3.25. The highest BCUT2D eigenvalue weighted by molar-refractivity contribution is 5.28. The maximum atomic E-state index is 13.2. The number of hydrogen-bond donors (Lipinski definition) is 1. The van der Waals surface area contributed by atoms with Crippen molar-refractivity contribution >= 4 is 0 Å². The van der Waals surface area contributed by atoms with Crippen LogP contribution < -0.4 is 5.73 Å². The van der Waals surface area contributed by atoms with Gasteiger partial charge in [0.2, 0.25) is 0 Å². The lowest BCUT2D eigenvalue weighted by Crippen LogP contribution is -2.12. The van der Waals surface area contributed by atoms with Crippen molar-refractivity contribution < 1.29 is 17.6 Å². The molecule has 1 atom stereocenters. The van der Waals surface area contributed by atoms with Crippen molar-refractivity contribution in [1.82, 2.24) is 0 Å². The Morgan fingerprint density at radius 1 is 1.33 bits per heavy atom. The second-order valence-corrected chi connectivity index (χ2v) is 3.25. The molecule has 1 rings (SSSR count). The minimum atomic E-state index is -4.52. The molecular formula is C10H11F4N. The quantitative estimate of drug-likeness (QED) is 0.762. The highest BCUT2D eigenvalue weighted by Gasteiger charge is 2.31. The lowest BCUT2D eigenvalue weighted by Gasteiger charge is -2.12. The summed E-state index contributed by atoms with van der Waals surface area (Å²) in [5, 5.41) is 0. The molecular weight excluding hydrogens is 210 g/mol. The van der Waals surface area contributed by atoms with Crippen LogP contribution in [0.25, 0.3) is 0 Å². The van der Waals surface area contributed by atoms with Crippen molar-refractivity contribution in [1.29, 1.82) is 0 Å². The van der Waals surface area contributed by atoms with Crippen molar-refractivity contribution in [2.24, 2.45) is 5.73 Å². The van der Waals surface area contributed by atoms with Crippen LogP contribution in [0.2, 0.25) is 0 Å². The number of alkyl halides is 3. The Morgan fingerprint density at radius 2 is 1.93 bits per heavy atom. The van der Waals surface area contributed by atoms with Crippen molar-refractivity contribution in [3.63, 3.8) is 0 Å². The van der Waals surface area contributed by atoms with Gasteiger partial charge in [0.25, 0.3) is 0 Å². The highest BCUT2D eigenvalue weighted by Crippen LogP contribution is 2.31. The van der Waals surface area contributed by atoms with E-state index in [-0.39, 0.29) is 5.56 Å². The van der Waals surface area contributed by atoms with Gasteiger partial charge >= 0.3 is 6.18 Å². The highest BCUT2D eigenvalue weighted by atomic mass is 19.4. The molecule has 0 fully saturated rings. The van der Waals surface area contributed by atoms with Gasteiger partial charge in [-0.2, -0.15) is 13.2 Å². The summed E-state index contributed by atoms with van der Waals surface area (Å²) in [7, 11) is 0. The molecule has 0 spiro atoms. The van der Waals surface area contributed by atoms with Gasteiger partial charge in [-0.3, -0.25) is 0 Å². The zero-order valence-corrected chi connectivity index (χ0v) is 8.11. The van der Waals surface area contributed by atoms with E-state index >= 15 is 0 Å². The first-order chi connectivity index (χ1) is 6.86. The zero-order chi connectivity index (χ0) is 11.6. The van der Waals surface area contributed by atoms with Gasteiger partial charge in [-0.05, 0) is 18.6 Å². The van der Waals surface area contributed by atoms with Gasteiger partial charge in [0.15, 0.2) is 0 Å². The number of hydrogen-bond acceptors (Lipinski definition) is 1. The molecule has 0 saturated carbocycles. The maximum absolute atomic E-state index is 13.2. The van der Waals surface area contributed by atoms with Gasteiger partial charge in [-0.1, -0.05) is 13.0 Å². The monoisotopic (exact) mass is 221 g/mol. The van der Waals surface area contributed by atoms with E-state index in [9.17, 15) is 17.6 Å². The molecule has 0 radical (unpaired) electrons. The van der Waals surface area contributed by atoms with Crippen molar-refractivity contribution in [2.45, 2.75) is 25.6 Å². The van der Waals surface area contributed by atoms with Crippen LogP contribution in [0.4, 0.5) is 17.6 Å². The van der Waals surface area contributed by atoms with E-state index < -0.39 is 23.6 Å². The van der Waals surface area contributed by atoms with E-state index in [1.54, 1.807) is 6.92 Å². The first kappa shape index (κ1) is 12.0. The average Bonchev–Trinajstić information content (AvgIpc) is 2.15. The number of benzene rings is 1. The van der Waals surface area contributed by atoms with E-state index in [2.05, 4.69) is 0 Å². The Bertz CT molecular complexity index is 346. The van der Waals surface area contributed by atoms with E-state index in [1.807, 2.05) is 0 Å². The van der Waals surface area contributed by atoms with Gasteiger partial charge in [0.1, 0.15) is 5.82 Å². The molecule has 0 unspecified atom stereocenters. The molecule has 0 bridgehead atoms. The second kappa shape index (κ2) is 4.18. The SMILES string of the molecule is CC[C@H](N)c1ccc(C(F)(F)F)cc1F. The molecule has 0 aliphatic rings. The van der Waals surface area contributed by atoms with E-state index in [0.717, 1.165) is 12.1 Å². The largest absolute Gasteiger partial charge is 0.416 e. The molecule has 1 nitrogen and oxygen atoms in total. The van der Waals surface area contributed by atoms with Gasteiger partial charge in [0.05, 0.1) is 5.56 Å². The topological polar surface area (TPSA) is 26.0 Å². The summed E-state index contributed by atoms with van der Waals surface area (Å²) in [6.45, 7) is 1.74. The summed E-state index contributed by atoms with van der Waals surface area (Å²) in [4.78, 5) is 0. The molecule has 1 aromatic rings. The van der Waals surface area contributed by atoms with E-state index in [0.29, 0.717) is 12.5 Å². The lowest BCUT2D eigenvalue weighted by atomic mass is 10.0. The minimum Gasteiger partial charge on any atom is -0.324 e. The van der Waals surface area contributed by atoms with Crippen molar-refractivity contribution in [3.05, 3.63) is 35.1 Å². The lowest BCUT2D eigenvalue weighted by molar-refractivity contribution is -0.137. The summed E-state index contributed by atoms with van der Waals surface area (Å²) >= 11 is 0. The fourth-order valence-electron chi connectivity index (χ4n) is 1.22. The molecule has 15 heavy (non-hydrogen) atoms. The smallest absolute Gasteiger partial charge is 0.324 e. The van der Waals surface area contributed by atoms with Crippen LogP contribution in [-0.4, -0.2) is 0 Å². The molecule has 0 amide bonds. The fraction of sp³-hybridized carbons (Fsp3) is 0.400. The Balaban J connectivity index is 3.09. The number of halogens is 4. The van der Waals surface area contributed by atoms with Crippen LogP contribution >= 0.6 is 0 Å². The van der Waals surface area contributed by atoms with Crippen LogP contribution in [-0.2, 0) is 6.18 Å². The third kappa shape index (κ3) is 2.68. The molecule has 0 aromatic heterocycles. The van der Waals surface area contributed by atoms with E-state index in [1.165, 1.54) is 0 Å². The molecule has 0 aliphatic heterocycles. The zero-order valence-electron chi connectivity index (χ0n) is 8.11. The Morgan fingerprint density at radius 3 is 2.33 bits per heavy atom. The van der Waals surface area contributed by atoms with Crippen LogP contribution in [0.5, 0.6) is 0 Å². The molecule has 0 saturated heterocycles. The normalized spacial score (nSPS) is 14.0. The number of nitrogens with two attached hydrogens (primary N) is 1. The molecule has 2 N–H and O–H groups in total. The summed E-state index contributed by atoms with van der Waals surface area (Å²) < 4.78 is 49.8.